The molecule has 3 heteroatoms. The van der Waals surface area contributed by atoms with Crippen LogP contribution in [0.2, 0.25) is 0 Å². The normalized spacial score (nSPS) is 10.3. The molecule has 0 atom stereocenters. The van der Waals surface area contributed by atoms with Gasteiger partial charge in [0.1, 0.15) is 5.69 Å². The van der Waals surface area contributed by atoms with E-state index in [0.29, 0.717) is 5.69 Å². The molecule has 3 nitrogen and oxygen atoms in total. The number of carbonyl (C=O) groups excluding carboxylic acids is 1. The maximum absolute atomic E-state index is 10.8. The summed E-state index contributed by atoms with van der Waals surface area (Å²) >= 11 is 0. The summed E-state index contributed by atoms with van der Waals surface area (Å²) in [4.78, 5) is 10.8. The molecular weight excluding hydrogens is 188 g/mol. The number of carbonyl (C=O) groups is 1. The number of benzene rings is 1. The Labute approximate surface area is 88.4 Å². The number of nitrogens with zero attached hydrogens (tertiary/aromatic N) is 2. The van der Waals surface area contributed by atoms with Crippen LogP contribution in [0.1, 0.15) is 21.7 Å². The van der Waals surface area contributed by atoms with Crippen LogP contribution < -0.4 is 0 Å². The number of hydrogen-bond acceptors (Lipinski definition) is 2. The van der Waals surface area contributed by atoms with E-state index in [1.165, 1.54) is 0 Å². The highest BCUT2D eigenvalue weighted by Crippen LogP contribution is 2.12. The fourth-order valence-corrected chi connectivity index (χ4v) is 1.57. The second-order valence-corrected chi connectivity index (χ2v) is 3.58. The number of rotatable bonds is 2. The van der Waals surface area contributed by atoms with Gasteiger partial charge in [-0.05, 0) is 37.6 Å². The van der Waals surface area contributed by atoms with E-state index < -0.39 is 0 Å². The smallest absolute Gasteiger partial charge is 0.168 e. The van der Waals surface area contributed by atoms with Crippen molar-refractivity contribution in [2.24, 2.45) is 0 Å². The summed E-state index contributed by atoms with van der Waals surface area (Å²) in [5, 5.41) is 4.28. The van der Waals surface area contributed by atoms with Gasteiger partial charge < -0.3 is 0 Å². The van der Waals surface area contributed by atoms with Crippen molar-refractivity contribution in [3.63, 3.8) is 0 Å². The Hall–Kier alpha value is -1.90. The van der Waals surface area contributed by atoms with Gasteiger partial charge in [0.05, 0.1) is 11.4 Å². The highest BCUT2D eigenvalue weighted by atomic mass is 16.1. The minimum absolute atomic E-state index is 0.582. The molecule has 15 heavy (non-hydrogen) atoms. The van der Waals surface area contributed by atoms with Crippen LogP contribution >= 0.6 is 0 Å². The van der Waals surface area contributed by atoms with Gasteiger partial charge in [-0.2, -0.15) is 5.10 Å². The molecule has 0 aliphatic carbocycles. The van der Waals surface area contributed by atoms with Crippen molar-refractivity contribution >= 4 is 6.29 Å². The van der Waals surface area contributed by atoms with Gasteiger partial charge >= 0.3 is 0 Å². The molecule has 0 bridgehead atoms. The van der Waals surface area contributed by atoms with Gasteiger partial charge in [-0.1, -0.05) is 12.1 Å². The molecule has 2 rings (SSSR count). The fourth-order valence-electron chi connectivity index (χ4n) is 1.57. The molecule has 1 aromatic carbocycles. The van der Waals surface area contributed by atoms with E-state index in [-0.39, 0.29) is 0 Å². The topological polar surface area (TPSA) is 34.9 Å². The van der Waals surface area contributed by atoms with Gasteiger partial charge in [0.2, 0.25) is 0 Å². The molecule has 1 aromatic heterocycles. The van der Waals surface area contributed by atoms with Gasteiger partial charge in [0.25, 0.3) is 0 Å². The summed E-state index contributed by atoms with van der Waals surface area (Å²) in [5.74, 6) is 0. The Bertz CT molecular complexity index is 500. The summed E-state index contributed by atoms with van der Waals surface area (Å²) in [7, 11) is 0. The number of hydrogen-bond donors (Lipinski definition) is 0. The zero-order valence-corrected chi connectivity index (χ0v) is 8.77. The maximum atomic E-state index is 10.8. The first-order valence-electron chi connectivity index (χ1n) is 4.79. The molecule has 0 amide bonds. The highest BCUT2D eigenvalue weighted by Gasteiger charge is 2.05. The summed E-state index contributed by atoms with van der Waals surface area (Å²) in [6, 6.07) is 9.68. The first kappa shape index (κ1) is 9.65. The lowest BCUT2D eigenvalue weighted by molar-refractivity contribution is 0.111. The van der Waals surface area contributed by atoms with Crippen molar-refractivity contribution in [1.29, 1.82) is 0 Å². The highest BCUT2D eigenvalue weighted by molar-refractivity contribution is 5.73. The van der Waals surface area contributed by atoms with Crippen molar-refractivity contribution in [3.05, 3.63) is 47.3 Å². The monoisotopic (exact) mass is 200 g/mol. The second kappa shape index (κ2) is 3.69. The lowest BCUT2D eigenvalue weighted by atomic mass is 10.2. The summed E-state index contributed by atoms with van der Waals surface area (Å²) < 4.78 is 1.66. The Kier molecular flexibility index (Phi) is 2.37. The van der Waals surface area contributed by atoms with Crippen LogP contribution in [-0.2, 0) is 0 Å². The second-order valence-electron chi connectivity index (χ2n) is 3.58. The van der Waals surface area contributed by atoms with Gasteiger partial charge in [0, 0.05) is 0 Å². The van der Waals surface area contributed by atoms with Crippen molar-refractivity contribution in [2.75, 3.05) is 0 Å². The van der Waals surface area contributed by atoms with Crippen LogP contribution in [0.5, 0.6) is 0 Å². The largest absolute Gasteiger partial charge is 0.296 e. The molecule has 0 aliphatic rings. The number of aldehydes is 1. The van der Waals surface area contributed by atoms with Gasteiger partial charge in [-0.25, -0.2) is 4.68 Å². The average Bonchev–Trinajstić information content (AvgIpc) is 2.59. The van der Waals surface area contributed by atoms with Crippen molar-refractivity contribution < 1.29 is 4.79 Å². The summed E-state index contributed by atoms with van der Waals surface area (Å²) in [5.41, 5.74) is 3.50. The fraction of sp³-hybridized carbons (Fsp3) is 0.167. The number of aromatic nitrogens is 2. The van der Waals surface area contributed by atoms with Crippen molar-refractivity contribution in [2.45, 2.75) is 13.8 Å². The lowest BCUT2D eigenvalue weighted by Gasteiger charge is -2.03. The molecule has 0 unspecified atom stereocenters. The Morgan fingerprint density at radius 1 is 1.27 bits per heavy atom. The average molecular weight is 200 g/mol. The van der Waals surface area contributed by atoms with Crippen molar-refractivity contribution in [1.82, 2.24) is 9.78 Å². The Morgan fingerprint density at radius 3 is 2.73 bits per heavy atom. The first-order chi connectivity index (χ1) is 7.20. The zero-order valence-electron chi connectivity index (χ0n) is 8.77. The molecule has 1 heterocycles. The minimum atomic E-state index is 0.582. The quantitative estimate of drug-likeness (QED) is 0.697. The SMILES string of the molecule is Cc1cccc(-n2nc(C)cc2C=O)c1. The van der Waals surface area contributed by atoms with Gasteiger partial charge in [0.15, 0.2) is 6.29 Å². The third-order valence-electron chi connectivity index (χ3n) is 2.23. The van der Waals surface area contributed by atoms with E-state index in [1.54, 1.807) is 10.7 Å². The predicted octanol–water partition coefficient (Wildman–Crippen LogP) is 2.30. The van der Waals surface area contributed by atoms with Crippen LogP contribution in [0, 0.1) is 13.8 Å². The number of aryl methyl sites for hydroxylation is 2. The van der Waals surface area contributed by atoms with Gasteiger partial charge in [-0.3, -0.25) is 4.79 Å². The minimum Gasteiger partial charge on any atom is -0.296 e. The molecule has 0 saturated carbocycles. The zero-order chi connectivity index (χ0) is 10.8. The van der Waals surface area contributed by atoms with Crippen LogP contribution in [-0.4, -0.2) is 16.1 Å². The third kappa shape index (κ3) is 1.81. The lowest BCUT2D eigenvalue weighted by Crippen LogP contribution is -2.01. The third-order valence-corrected chi connectivity index (χ3v) is 2.23. The van der Waals surface area contributed by atoms with E-state index in [4.69, 9.17) is 0 Å². The predicted molar refractivity (Wildman–Crippen MR) is 58.4 cm³/mol. The van der Waals surface area contributed by atoms with Gasteiger partial charge in [-0.15, -0.1) is 0 Å². The van der Waals surface area contributed by atoms with Crippen molar-refractivity contribution in [3.8, 4) is 5.69 Å². The van der Waals surface area contributed by atoms with E-state index in [1.807, 2.05) is 38.1 Å². The summed E-state index contributed by atoms with van der Waals surface area (Å²) in [6.45, 7) is 3.89. The van der Waals surface area contributed by atoms with E-state index in [0.717, 1.165) is 23.2 Å². The molecule has 76 valence electrons. The molecule has 0 spiro atoms. The standard InChI is InChI=1S/C12H12N2O/c1-9-4-3-5-11(6-9)14-12(8-15)7-10(2)13-14/h3-8H,1-2H3. The van der Waals surface area contributed by atoms with Crippen LogP contribution in [0.25, 0.3) is 5.69 Å². The maximum Gasteiger partial charge on any atom is 0.168 e. The van der Waals surface area contributed by atoms with Crippen LogP contribution in [0.15, 0.2) is 30.3 Å². The van der Waals surface area contributed by atoms with E-state index in [2.05, 4.69) is 5.10 Å². The van der Waals surface area contributed by atoms with Crippen LogP contribution in [0.3, 0.4) is 0 Å². The summed E-state index contributed by atoms with van der Waals surface area (Å²) in [6.07, 6.45) is 0.822. The molecule has 0 saturated heterocycles. The molecule has 2 aromatic rings. The molecule has 0 N–H and O–H groups in total. The first-order valence-corrected chi connectivity index (χ1v) is 4.79. The molecule has 0 fully saturated rings. The Morgan fingerprint density at radius 2 is 2.07 bits per heavy atom. The Balaban J connectivity index is 2.57. The van der Waals surface area contributed by atoms with E-state index in [9.17, 15) is 4.79 Å². The molecule has 0 radical (unpaired) electrons. The van der Waals surface area contributed by atoms with E-state index >= 15 is 0 Å². The van der Waals surface area contributed by atoms with Crippen LogP contribution in [0.4, 0.5) is 0 Å². The molecule has 0 aliphatic heterocycles. The molecular formula is C12H12N2O.